The summed E-state index contributed by atoms with van der Waals surface area (Å²) in [6.45, 7) is 6.63. The van der Waals surface area contributed by atoms with Crippen LogP contribution in [0.4, 0.5) is 0 Å². The van der Waals surface area contributed by atoms with Crippen LogP contribution in [0.25, 0.3) is 0 Å². The van der Waals surface area contributed by atoms with Crippen LogP contribution in [0.2, 0.25) is 0 Å². The Labute approximate surface area is 107 Å². The fraction of sp³-hybridized carbons (Fsp3) is 0.714. The molecule has 0 heterocycles. The summed E-state index contributed by atoms with van der Waals surface area (Å²) in [6, 6.07) is 0. The number of carbonyl (C=O) groups excluding carboxylic acids is 2. The van der Waals surface area contributed by atoms with Crippen molar-refractivity contribution in [1.82, 2.24) is 0 Å². The second kappa shape index (κ2) is 4.11. The molecular formula is C14H19O4-. The predicted octanol–water partition coefficient (Wildman–Crippen LogP) is 1.05. The summed E-state index contributed by atoms with van der Waals surface area (Å²) in [5.41, 5.74) is 0.179. The highest BCUT2D eigenvalue weighted by molar-refractivity contribution is 5.90. The van der Waals surface area contributed by atoms with E-state index >= 15 is 0 Å². The van der Waals surface area contributed by atoms with Crippen molar-refractivity contribution in [3.05, 3.63) is 12.2 Å². The molecule has 0 spiro atoms. The van der Waals surface area contributed by atoms with E-state index in [4.69, 9.17) is 4.74 Å². The molecule has 0 saturated heterocycles. The largest absolute Gasteiger partial charge is 0.545 e. The lowest BCUT2D eigenvalue weighted by Gasteiger charge is -2.38. The van der Waals surface area contributed by atoms with E-state index in [0.717, 1.165) is 18.9 Å². The van der Waals surface area contributed by atoms with E-state index in [2.05, 4.69) is 20.8 Å². The van der Waals surface area contributed by atoms with Crippen LogP contribution in [0.1, 0.15) is 40.0 Å². The van der Waals surface area contributed by atoms with Gasteiger partial charge in [0.2, 0.25) is 0 Å². The summed E-state index contributed by atoms with van der Waals surface area (Å²) in [6.07, 6.45) is 4.67. The van der Waals surface area contributed by atoms with Gasteiger partial charge in [0.05, 0.1) is 5.97 Å². The monoisotopic (exact) mass is 251 g/mol. The Hall–Kier alpha value is -1.32. The van der Waals surface area contributed by atoms with Gasteiger partial charge in [0.1, 0.15) is 6.10 Å². The zero-order valence-corrected chi connectivity index (χ0v) is 11.1. The molecule has 4 nitrogen and oxygen atoms in total. The number of hydrogen-bond donors (Lipinski definition) is 0. The Bertz CT molecular complexity index is 410. The van der Waals surface area contributed by atoms with E-state index < -0.39 is 11.9 Å². The van der Waals surface area contributed by atoms with Crippen LogP contribution in [0.15, 0.2) is 12.2 Å². The van der Waals surface area contributed by atoms with Crippen molar-refractivity contribution in [2.45, 2.75) is 46.1 Å². The first-order valence-corrected chi connectivity index (χ1v) is 6.37. The molecule has 0 aromatic rings. The molecule has 2 rings (SSSR count). The van der Waals surface area contributed by atoms with E-state index in [1.54, 1.807) is 0 Å². The van der Waals surface area contributed by atoms with Crippen molar-refractivity contribution in [2.75, 3.05) is 0 Å². The first-order valence-electron chi connectivity index (χ1n) is 6.37. The summed E-state index contributed by atoms with van der Waals surface area (Å²) in [7, 11) is 0. The Balaban J connectivity index is 2.05. The van der Waals surface area contributed by atoms with Gasteiger partial charge in [-0.25, -0.2) is 4.79 Å². The summed E-state index contributed by atoms with van der Waals surface area (Å²) >= 11 is 0. The quantitative estimate of drug-likeness (QED) is 0.555. The maximum absolute atomic E-state index is 11.5. The van der Waals surface area contributed by atoms with Crippen molar-refractivity contribution in [3.8, 4) is 0 Å². The molecule has 0 aliphatic heterocycles. The fourth-order valence-electron chi connectivity index (χ4n) is 3.62. The predicted molar refractivity (Wildman–Crippen MR) is 63.3 cm³/mol. The maximum atomic E-state index is 11.5. The molecule has 2 saturated carbocycles. The van der Waals surface area contributed by atoms with Crippen molar-refractivity contribution >= 4 is 11.9 Å². The Morgan fingerprint density at radius 1 is 1.28 bits per heavy atom. The summed E-state index contributed by atoms with van der Waals surface area (Å²) in [5, 5.41) is 10.2. The Kier molecular flexibility index (Phi) is 2.99. The number of hydrogen-bond acceptors (Lipinski definition) is 4. The Morgan fingerprint density at radius 2 is 1.94 bits per heavy atom. The van der Waals surface area contributed by atoms with Crippen LogP contribution in [0.3, 0.4) is 0 Å². The third-order valence-corrected chi connectivity index (χ3v) is 5.33. The summed E-state index contributed by atoms with van der Waals surface area (Å²) in [5.74, 6) is -1.38. The number of carboxylic acid groups (broad SMARTS) is 1. The molecule has 0 unspecified atom stereocenters. The van der Waals surface area contributed by atoms with E-state index in [0.29, 0.717) is 12.0 Å². The molecule has 2 aliphatic rings. The van der Waals surface area contributed by atoms with Gasteiger partial charge in [-0.3, -0.25) is 0 Å². The topological polar surface area (TPSA) is 66.4 Å². The van der Waals surface area contributed by atoms with Crippen molar-refractivity contribution in [2.24, 2.45) is 16.7 Å². The highest BCUT2D eigenvalue weighted by Crippen LogP contribution is 2.66. The normalized spacial score (nSPS) is 37.1. The lowest BCUT2D eigenvalue weighted by atomic mass is 9.70. The number of carboxylic acids is 1. The minimum Gasteiger partial charge on any atom is -0.545 e. The zero-order chi connectivity index (χ0) is 13.6. The molecule has 2 fully saturated rings. The number of esters is 1. The molecular weight excluding hydrogens is 232 g/mol. The molecule has 0 radical (unpaired) electrons. The fourth-order valence-corrected chi connectivity index (χ4v) is 3.62. The van der Waals surface area contributed by atoms with Crippen LogP contribution < -0.4 is 5.11 Å². The highest BCUT2D eigenvalue weighted by Gasteiger charge is 2.62. The second-order valence-corrected chi connectivity index (χ2v) is 6.19. The van der Waals surface area contributed by atoms with Gasteiger partial charge in [0, 0.05) is 11.5 Å². The molecule has 4 heteroatoms. The number of fused-ring (bicyclic) bond motifs is 2. The number of ether oxygens (including phenoxy) is 1. The first kappa shape index (κ1) is 13.1. The van der Waals surface area contributed by atoms with Crippen LogP contribution >= 0.6 is 0 Å². The third-order valence-electron chi connectivity index (χ3n) is 5.33. The average molecular weight is 251 g/mol. The lowest BCUT2D eigenvalue weighted by Crippen LogP contribution is -2.38. The van der Waals surface area contributed by atoms with Crippen LogP contribution in [0, 0.1) is 16.7 Å². The van der Waals surface area contributed by atoms with E-state index in [9.17, 15) is 14.7 Å². The number of rotatable bonds is 3. The van der Waals surface area contributed by atoms with Gasteiger partial charge < -0.3 is 14.6 Å². The van der Waals surface area contributed by atoms with E-state index in [1.165, 1.54) is 6.42 Å². The average Bonchev–Trinajstić information content (AvgIpc) is 2.59. The standard InChI is InChI=1S/C14H20O4/c1-13(2)9-6-7-14(13,3)10(8-9)18-12(17)5-4-11(15)16/h4-5,9-10H,6-8H2,1-3H3,(H,15,16)/p-1/t9-,10+,14+/m0/s1. The minimum atomic E-state index is -1.38. The zero-order valence-electron chi connectivity index (χ0n) is 11.1. The highest BCUT2D eigenvalue weighted by atomic mass is 16.5. The van der Waals surface area contributed by atoms with Crippen LogP contribution in [0.5, 0.6) is 0 Å². The molecule has 2 bridgehead atoms. The van der Waals surface area contributed by atoms with E-state index in [1.807, 2.05) is 0 Å². The summed E-state index contributed by atoms with van der Waals surface area (Å²) < 4.78 is 5.42. The van der Waals surface area contributed by atoms with Gasteiger partial charge in [0.15, 0.2) is 0 Å². The minimum absolute atomic E-state index is 0.00262. The molecule has 3 atom stereocenters. The SMILES string of the molecule is CC1(C)[C@H]2CC[C@]1(C)[C@H](OC(=O)C=CC(=O)[O-])C2. The summed E-state index contributed by atoms with van der Waals surface area (Å²) in [4.78, 5) is 21.8. The van der Waals surface area contributed by atoms with Gasteiger partial charge in [0.25, 0.3) is 0 Å². The van der Waals surface area contributed by atoms with Crippen molar-refractivity contribution in [3.63, 3.8) is 0 Å². The van der Waals surface area contributed by atoms with Crippen molar-refractivity contribution < 1.29 is 19.4 Å². The third kappa shape index (κ3) is 1.84. The maximum Gasteiger partial charge on any atom is 0.331 e. The molecule has 2 aliphatic carbocycles. The van der Waals surface area contributed by atoms with E-state index in [-0.39, 0.29) is 16.9 Å². The Morgan fingerprint density at radius 3 is 2.39 bits per heavy atom. The lowest BCUT2D eigenvalue weighted by molar-refractivity contribution is -0.297. The molecule has 0 amide bonds. The molecule has 0 aromatic carbocycles. The number of carbonyl (C=O) groups is 2. The van der Waals surface area contributed by atoms with Gasteiger partial charge in [-0.2, -0.15) is 0 Å². The van der Waals surface area contributed by atoms with Gasteiger partial charge in [-0.1, -0.05) is 20.8 Å². The van der Waals surface area contributed by atoms with Crippen molar-refractivity contribution in [1.29, 1.82) is 0 Å². The van der Waals surface area contributed by atoms with Crippen LogP contribution in [-0.4, -0.2) is 18.0 Å². The van der Waals surface area contributed by atoms with Crippen LogP contribution in [-0.2, 0) is 14.3 Å². The molecule has 0 aromatic heterocycles. The number of aliphatic carboxylic acids is 1. The first-order chi connectivity index (χ1) is 8.27. The molecule has 18 heavy (non-hydrogen) atoms. The van der Waals surface area contributed by atoms with Gasteiger partial charge in [-0.05, 0) is 36.7 Å². The molecule has 100 valence electrons. The second-order valence-electron chi connectivity index (χ2n) is 6.19. The molecule has 0 N–H and O–H groups in total. The smallest absolute Gasteiger partial charge is 0.331 e. The van der Waals surface area contributed by atoms with Gasteiger partial charge >= 0.3 is 5.97 Å². The van der Waals surface area contributed by atoms with Gasteiger partial charge in [-0.15, -0.1) is 0 Å².